The van der Waals surface area contributed by atoms with Crippen LogP contribution in [0.1, 0.15) is 12.1 Å². The Bertz CT molecular complexity index is 660. The zero-order valence-corrected chi connectivity index (χ0v) is 11.3. The number of aromatic nitrogens is 1. The Labute approximate surface area is 117 Å². The van der Waals surface area contributed by atoms with E-state index in [1.54, 1.807) is 0 Å². The molecule has 1 unspecified atom stereocenters. The van der Waals surface area contributed by atoms with Gasteiger partial charge in [-0.05, 0) is 12.1 Å². The summed E-state index contributed by atoms with van der Waals surface area (Å²) < 4.78 is 71.4. The third-order valence-electron chi connectivity index (χ3n) is 2.99. The van der Waals surface area contributed by atoms with Gasteiger partial charge in [0.25, 0.3) is 0 Å². The van der Waals surface area contributed by atoms with Crippen molar-refractivity contribution in [1.29, 1.82) is 0 Å². The lowest BCUT2D eigenvalue weighted by atomic mass is 10.1. The van der Waals surface area contributed by atoms with Gasteiger partial charge >= 0.3 is 16.4 Å². The molecule has 1 atom stereocenters. The first-order valence-corrected chi connectivity index (χ1v) is 7.37. The predicted molar refractivity (Wildman–Crippen MR) is 64.6 cm³/mol. The number of carbonyl (C=O) groups is 1. The van der Waals surface area contributed by atoms with Crippen LogP contribution in [0, 0.1) is 5.92 Å². The molecule has 0 radical (unpaired) electrons. The molecule has 1 aromatic rings. The number of hydrogen-bond donors (Lipinski definition) is 0. The van der Waals surface area contributed by atoms with Crippen LogP contribution in [0.3, 0.4) is 0 Å². The molecule has 1 aromatic heterocycles. The molecule has 1 saturated heterocycles. The summed E-state index contributed by atoms with van der Waals surface area (Å²) in [7, 11) is -4.74. The van der Waals surface area contributed by atoms with Gasteiger partial charge in [-0.3, -0.25) is 9.78 Å². The van der Waals surface area contributed by atoms with Gasteiger partial charge in [0.1, 0.15) is 5.69 Å². The maximum Gasteiger partial charge on any atom is 0.433 e. The van der Waals surface area contributed by atoms with E-state index in [2.05, 4.69) is 4.98 Å². The van der Waals surface area contributed by atoms with Gasteiger partial charge in [0, 0.05) is 30.8 Å². The molecule has 10 heteroatoms. The average Bonchev–Trinajstić information content (AvgIpc) is 2.67. The number of nitrogens with zero attached hydrogens (tertiary/aromatic N) is 2. The Morgan fingerprint density at radius 3 is 2.62 bits per heavy atom. The van der Waals surface area contributed by atoms with E-state index in [-0.39, 0.29) is 18.7 Å². The average molecular weight is 326 g/mol. The Morgan fingerprint density at radius 1 is 1.38 bits per heavy atom. The topological polar surface area (TPSA) is 67.3 Å². The number of halogens is 4. The van der Waals surface area contributed by atoms with Crippen LogP contribution in [0.25, 0.3) is 0 Å². The lowest BCUT2D eigenvalue weighted by Crippen LogP contribution is -2.26. The number of anilines is 1. The lowest BCUT2D eigenvalue weighted by Gasteiger charge is -2.17. The van der Waals surface area contributed by atoms with Crippen LogP contribution >= 0.6 is 0 Å². The standard InChI is InChI=1S/C11H10F4N2O3S/c12-11(13,14)9-4-8(1-2-16-9)17-5-7(3-10(17)18)6-21(15,19)20/h1-2,4,7H,3,5-6H2. The smallest absolute Gasteiger partial charge is 0.312 e. The first-order valence-electron chi connectivity index (χ1n) is 5.82. The Morgan fingerprint density at radius 2 is 2.05 bits per heavy atom. The predicted octanol–water partition coefficient (Wildman–Crippen LogP) is 1.75. The van der Waals surface area contributed by atoms with E-state index in [0.29, 0.717) is 6.07 Å². The fourth-order valence-corrected chi connectivity index (χ4v) is 2.95. The molecule has 116 valence electrons. The van der Waals surface area contributed by atoms with Crippen molar-refractivity contribution in [3.63, 3.8) is 0 Å². The minimum atomic E-state index is -4.74. The van der Waals surface area contributed by atoms with Gasteiger partial charge in [0.05, 0.1) is 5.75 Å². The molecule has 0 aliphatic carbocycles. The number of rotatable bonds is 3. The third-order valence-corrected chi connectivity index (χ3v) is 3.86. The normalized spacial score (nSPS) is 20.1. The summed E-state index contributed by atoms with van der Waals surface area (Å²) >= 11 is 0. The van der Waals surface area contributed by atoms with E-state index >= 15 is 0 Å². The van der Waals surface area contributed by atoms with Gasteiger partial charge in [-0.2, -0.15) is 21.6 Å². The first-order chi connectivity index (χ1) is 9.56. The van der Waals surface area contributed by atoms with E-state index in [0.717, 1.165) is 11.1 Å². The first kappa shape index (κ1) is 15.7. The van der Waals surface area contributed by atoms with Crippen LogP contribution in [-0.4, -0.2) is 31.6 Å². The minimum Gasteiger partial charge on any atom is -0.312 e. The third kappa shape index (κ3) is 3.90. The monoisotopic (exact) mass is 326 g/mol. The van der Waals surface area contributed by atoms with Gasteiger partial charge < -0.3 is 4.90 Å². The quantitative estimate of drug-likeness (QED) is 0.627. The van der Waals surface area contributed by atoms with E-state index in [1.807, 2.05) is 0 Å². The molecule has 2 heterocycles. The van der Waals surface area contributed by atoms with Crippen molar-refractivity contribution in [3.05, 3.63) is 24.0 Å². The molecule has 1 amide bonds. The van der Waals surface area contributed by atoms with Crippen LogP contribution < -0.4 is 4.90 Å². The molecule has 0 spiro atoms. The fraction of sp³-hybridized carbons (Fsp3) is 0.455. The summed E-state index contributed by atoms with van der Waals surface area (Å²) in [5, 5.41) is 0. The maximum absolute atomic E-state index is 12.6. The molecular weight excluding hydrogens is 316 g/mol. The maximum atomic E-state index is 12.6. The SMILES string of the molecule is O=C1CC(CS(=O)(=O)F)CN1c1ccnc(C(F)(F)F)c1. The van der Waals surface area contributed by atoms with Crippen molar-refractivity contribution in [1.82, 2.24) is 4.98 Å². The molecule has 0 N–H and O–H groups in total. The van der Waals surface area contributed by atoms with Crippen molar-refractivity contribution in [2.45, 2.75) is 12.6 Å². The molecule has 1 fully saturated rings. The van der Waals surface area contributed by atoms with Crippen molar-refractivity contribution in [3.8, 4) is 0 Å². The van der Waals surface area contributed by atoms with Crippen LogP contribution in [0.15, 0.2) is 18.3 Å². The van der Waals surface area contributed by atoms with Crippen LogP contribution in [-0.2, 0) is 21.2 Å². The number of pyridine rings is 1. The highest BCUT2D eigenvalue weighted by Gasteiger charge is 2.36. The zero-order chi connectivity index (χ0) is 15.8. The second-order valence-corrected chi connectivity index (χ2v) is 6.09. The van der Waals surface area contributed by atoms with Crippen molar-refractivity contribution in [2.24, 2.45) is 5.92 Å². The van der Waals surface area contributed by atoms with Crippen LogP contribution in [0.2, 0.25) is 0 Å². The van der Waals surface area contributed by atoms with E-state index < -0.39 is 39.7 Å². The van der Waals surface area contributed by atoms with E-state index in [9.17, 15) is 30.3 Å². The summed E-state index contributed by atoms with van der Waals surface area (Å²) in [6.45, 7) is -0.150. The van der Waals surface area contributed by atoms with Crippen LogP contribution in [0.5, 0.6) is 0 Å². The van der Waals surface area contributed by atoms with Crippen molar-refractivity contribution >= 4 is 21.8 Å². The van der Waals surface area contributed by atoms with Crippen LogP contribution in [0.4, 0.5) is 22.7 Å². The van der Waals surface area contributed by atoms with Gasteiger partial charge in [-0.1, -0.05) is 0 Å². The fourth-order valence-electron chi connectivity index (χ4n) is 2.17. The number of hydrogen-bond acceptors (Lipinski definition) is 4. The number of carbonyl (C=O) groups excluding carboxylic acids is 1. The number of amides is 1. The summed E-state index contributed by atoms with van der Waals surface area (Å²) in [4.78, 5) is 15.9. The highest BCUT2D eigenvalue weighted by atomic mass is 32.3. The van der Waals surface area contributed by atoms with Crippen molar-refractivity contribution in [2.75, 3.05) is 17.2 Å². The molecule has 1 aliphatic heterocycles. The van der Waals surface area contributed by atoms with Crippen molar-refractivity contribution < 1.29 is 30.3 Å². The molecule has 21 heavy (non-hydrogen) atoms. The highest BCUT2D eigenvalue weighted by Crippen LogP contribution is 2.32. The summed E-state index contributed by atoms with van der Waals surface area (Å²) in [5.41, 5.74) is -1.20. The molecule has 2 rings (SSSR count). The Balaban J connectivity index is 2.21. The summed E-state index contributed by atoms with van der Waals surface area (Å²) in [6, 6.07) is 1.91. The largest absolute Gasteiger partial charge is 0.433 e. The summed E-state index contributed by atoms with van der Waals surface area (Å²) in [6.07, 6.45) is -3.97. The second-order valence-electron chi connectivity index (χ2n) is 4.68. The highest BCUT2D eigenvalue weighted by molar-refractivity contribution is 7.86. The molecule has 5 nitrogen and oxygen atoms in total. The lowest BCUT2D eigenvalue weighted by molar-refractivity contribution is -0.141. The molecule has 0 aromatic carbocycles. The molecular formula is C11H10F4N2O3S. The molecule has 0 saturated carbocycles. The van der Waals surface area contributed by atoms with Gasteiger partial charge in [-0.15, -0.1) is 3.89 Å². The molecule has 1 aliphatic rings. The Hall–Kier alpha value is -1.71. The molecule has 0 bridgehead atoms. The summed E-state index contributed by atoms with van der Waals surface area (Å²) in [5.74, 6) is -2.16. The van der Waals surface area contributed by atoms with E-state index in [4.69, 9.17) is 0 Å². The number of alkyl halides is 3. The Kier molecular flexibility index (Phi) is 3.91. The van der Waals surface area contributed by atoms with E-state index in [1.165, 1.54) is 6.07 Å². The van der Waals surface area contributed by atoms with Gasteiger partial charge in [0.15, 0.2) is 0 Å². The minimum absolute atomic E-state index is 0.0407. The van der Waals surface area contributed by atoms with Gasteiger partial charge in [0.2, 0.25) is 5.91 Å². The van der Waals surface area contributed by atoms with Gasteiger partial charge in [-0.25, -0.2) is 0 Å². The zero-order valence-electron chi connectivity index (χ0n) is 10.5. The second kappa shape index (κ2) is 5.24.